The Morgan fingerprint density at radius 3 is 2.82 bits per heavy atom. The normalized spacial score (nSPS) is 12.2. The van der Waals surface area contributed by atoms with Gasteiger partial charge in [-0.1, -0.05) is 19.1 Å². The molecule has 1 atom stereocenters. The highest BCUT2D eigenvalue weighted by Gasteiger charge is 2.12. The maximum absolute atomic E-state index is 11.8. The molecule has 1 aromatic rings. The first-order valence-electron chi connectivity index (χ1n) is 5.74. The number of carbonyl (C=O) groups is 1. The van der Waals surface area contributed by atoms with Crippen molar-refractivity contribution < 1.29 is 15.0 Å². The number of hydrogen-bond acceptors (Lipinski definition) is 3. The molecule has 17 heavy (non-hydrogen) atoms. The zero-order chi connectivity index (χ0) is 12.8. The molecule has 94 valence electrons. The van der Waals surface area contributed by atoms with Gasteiger partial charge < -0.3 is 15.5 Å². The van der Waals surface area contributed by atoms with Crippen LogP contribution in [-0.4, -0.2) is 29.3 Å². The molecular formula is C13H19NO3. The first kappa shape index (κ1) is 13.5. The molecule has 3 N–H and O–H groups in total. The molecule has 0 saturated heterocycles. The molecule has 0 bridgehead atoms. The highest BCUT2D eigenvalue weighted by Crippen LogP contribution is 2.21. The van der Waals surface area contributed by atoms with E-state index in [-0.39, 0.29) is 24.2 Å². The number of aliphatic hydroxyl groups is 1. The fraction of sp³-hybridized carbons (Fsp3) is 0.462. The van der Waals surface area contributed by atoms with Gasteiger partial charge in [-0.15, -0.1) is 0 Å². The predicted molar refractivity (Wildman–Crippen MR) is 66.0 cm³/mol. The smallest absolute Gasteiger partial charge is 0.255 e. The first-order chi connectivity index (χ1) is 8.06. The minimum atomic E-state index is -0.281. The van der Waals surface area contributed by atoms with Gasteiger partial charge in [0.15, 0.2) is 0 Å². The zero-order valence-electron chi connectivity index (χ0n) is 10.2. The van der Waals surface area contributed by atoms with Crippen molar-refractivity contribution in [2.45, 2.75) is 20.3 Å². The first-order valence-corrected chi connectivity index (χ1v) is 5.74. The number of hydrogen-bond donors (Lipinski definition) is 3. The van der Waals surface area contributed by atoms with Crippen molar-refractivity contribution in [1.29, 1.82) is 0 Å². The maximum Gasteiger partial charge on any atom is 0.255 e. The average Bonchev–Trinajstić information content (AvgIpc) is 2.30. The van der Waals surface area contributed by atoms with Gasteiger partial charge in [-0.3, -0.25) is 4.79 Å². The third-order valence-electron chi connectivity index (χ3n) is 2.72. The number of nitrogens with one attached hydrogen (secondary N) is 1. The van der Waals surface area contributed by atoms with E-state index < -0.39 is 0 Å². The molecule has 0 aliphatic heterocycles. The fourth-order valence-corrected chi connectivity index (χ4v) is 1.53. The topological polar surface area (TPSA) is 69.6 Å². The Bertz CT molecular complexity index is 390. The summed E-state index contributed by atoms with van der Waals surface area (Å²) in [7, 11) is 0. The van der Waals surface area contributed by atoms with Crippen molar-refractivity contribution in [1.82, 2.24) is 5.32 Å². The lowest BCUT2D eigenvalue weighted by atomic mass is 10.1. The predicted octanol–water partition coefficient (Wildman–Crippen LogP) is 1.45. The molecule has 1 aromatic carbocycles. The van der Waals surface area contributed by atoms with E-state index in [2.05, 4.69) is 5.32 Å². The minimum Gasteiger partial charge on any atom is -0.507 e. The lowest BCUT2D eigenvalue weighted by Gasteiger charge is -2.12. The van der Waals surface area contributed by atoms with E-state index in [9.17, 15) is 9.90 Å². The van der Waals surface area contributed by atoms with Gasteiger partial charge >= 0.3 is 0 Å². The van der Waals surface area contributed by atoms with Crippen molar-refractivity contribution in [2.75, 3.05) is 13.2 Å². The van der Waals surface area contributed by atoms with Crippen molar-refractivity contribution in [2.24, 2.45) is 5.92 Å². The second kappa shape index (κ2) is 6.25. The number of benzene rings is 1. The van der Waals surface area contributed by atoms with Crippen LogP contribution in [0.1, 0.15) is 29.3 Å². The largest absolute Gasteiger partial charge is 0.507 e. The summed E-state index contributed by atoms with van der Waals surface area (Å²) in [4.78, 5) is 11.8. The quantitative estimate of drug-likeness (QED) is 0.726. The summed E-state index contributed by atoms with van der Waals surface area (Å²) in [5, 5.41) is 21.2. The van der Waals surface area contributed by atoms with Gasteiger partial charge in [-0.25, -0.2) is 0 Å². The number of phenols is 1. The number of amides is 1. The van der Waals surface area contributed by atoms with E-state index in [1.54, 1.807) is 25.1 Å². The van der Waals surface area contributed by atoms with Crippen LogP contribution in [0.3, 0.4) is 0 Å². The fourth-order valence-electron chi connectivity index (χ4n) is 1.53. The molecular weight excluding hydrogens is 218 g/mol. The average molecular weight is 237 g/mol. The molecule has 0 saturated carbocycles. The van der Waals surface area contributed by atoms with E-state index >= 15 is 0 Å². The maximum atomic E-state index is 11.8. The second-order valence-electron chi connectivity index (χ2n) is 4.30. The van der Waals surface area contributed by atoms with Crippen LogP contribution in [-0.2, 0) is 0 Å². The van der Waals surface area contributed by atoms with Gasteiger partial charge in [-0.05, 0) is 30.9 Å². The van der Waals surface area contributed by atoms with E-state index in [0.717, 1.165) is 0 Å². The van der Waals surface area contributed by atoms with E-state index in [1.165, 1.54) is 0 Å². The summed E-state index contributed by atoms with van der Waals surface area (Å²) in [6, 6.07) is 5.08. The number of aryl methyl sites for hydroxylation is 1. The third-order valence-corrected chi connectivity index (χ3v) is 2.72. The Hall–Kier alpha value is -1.55. The van der Waals surface area contributed by atoms with Gasteiger partial charge in [0.2, 0.25) is 0 Å². The molecule has 1 unspecified atom stereocenters. The van der Waals surface area contributed by atoms with Crippen molar-refractivity contribution >= 4 is 5.91 Å². The number of para-hydroxylation sites is 1. The highest BCUT2D eigenvalue weighted by molar-refractivity contribution is 5.97. The van der Waals surface area contributed by atoms with E-state index in [4.69, 9.17) is 5.11 Å². The van der Waals surface area contributed by atoms with Crippen LogP contribution in [0, 0.1) is 12.8 Å². The van der Waals surface area contributed by atoms with Crippen LogP contribution in [0.5, 0.6) is 5.75 Å². The monoisotopic (exact) mass is 237 g/mol. The Morgan fingerprint density at radius 1 is 1.47 bits per heavy atom. The zero-order valence-corrected chi connectivity index (χ0v) is 10.2. The number of aliphatic hydroxyl groups excluding tert-OH is 1. The van der Waals surface area contributed by atoms with Crippen molar-refractivity contribution in [3.63, 3.8) is 0 Å². The number of rotatable bonds is 5. The van der Waals surface area contributed by atoms with Gasteiger partial charge in [0.1, 0.15) is 5.75 Å². The molecule has 0 aliphatic carbocycles. The number of carbonyl (C=O) groups excluding carboxylic acids is 1. The Kier molecular flexibility index (Phi) is 4.97. The molecule has 4 heteroatoms. The molecule has 1 amide bonds. The van der Waals surface area contributed by atoms with E-state index in [1.807, 2.05) is 6.92 Å². The van der Waals surface area contributed by atoms with Gasteiger partial charge in [0.05, 0.1) is 5.56 Å². The molecule has 0 aromatic heterocycles. The molecule has 4 nitrogen and oxygen atoms in total. The van der Waals surface area contributed by atoms with Crippen LogP contribution in [0.2, 0.25) is 0 Å². The third kappa shape index (κ3) is 3.75. The van der Waals surface area contributed by atoms with Gasteiger partial charge in [0.25, 0.3) is 5.91 Å². The Labute approximate surface area is 101 Å². The Morgan fingerprint density at radius 2 is 2.18 bits per heavy atom. The molecule has 0 radical (unpaired) electrons. The summed E-state index contributed by atoms with van der Waals surface area (Å²) in [5.41, 5.74) is 0.974. The second-order valence-corrected chi connectivity index (χ2v) is 4.30. The molecule has 0 fully saturated rings. The van der Waals surface area contributed by atoms with E-state index in [0.29, 0.717) is 24.1 Å². The Balaban J connectivity index is 2.61. The van der Waals surface area contributed by atoms with Crippen LogP contribution in [0.25, 0.3) is 0 Å². The SMILES string of the molecule is Cc1cccc(C(=O)NCC(C)CCO)c1O. The van der Waals surface area contributed by atoms with Crippen LogP contribution >= 0.6 is 0 Å². The highest BCUT2D eigenvalue weighted by atomic mass is 16.3. The van der Waals surface area contributed by atoms with Crippen LogP contribution in [0.15, 0.2) is 18.2 Å². The van der Waals surface area contributed by atoms with Crippen LogP contribution in [0.4, 0.5) is 0 Å². The van der Waals surface area contributed by atoms with Gasteiger partial charge in [0, 0.05) is 13.2 Å². The number of aromatic hydroxyl groups is 1. The molecule has 0 spiro atoms. The van der Waals surface area contributed by atoms with Crippen molar-refractivity contribution in [3.8, 4) is 5.75 Å². The minimum absolute atomic E-state index is 0.0276. The molecule has 0 heterocycles. The number of phenolic OH excluding ortho intramolecular Hbond substituents is 1. The van der Waals surface area contributed by atoms with Crippen molar-refractivity contribution in [3.05, 3.63) is 29.3 Å². The van der Waals surface area contributed by atoms with Crippen LogP contribution < -0.4 is 5.32 Å². The van der Waals surface area contributed by atoms with Gasteiger partial charge in [-0.2, -0.15) is 0 Å². The lowest BCUT2D eigenvalue weighted by Crippen LogP contribution is -2.28. The summed E-state index contributed by atoms with van der Waals surface area (Å²) < 4.78 is 0. The standard InChI is InChI=1S/C13H19NO3/c1-9(6-7-15)8-14-13(17)11-5-3-4-10(2)12(11)16/h3-5,9,15-16H,6-8H2,1-2H3,(H,14,17). The summed E-state index contributed by atoms with van der Waals surface area (Å²) >= 11 is 0. The lowest BCUT2D eigenvalue weighted by molar-refractivity contribution is 0.0942. The summed E-state index contributed by atoms with van der Waals surface area (Å²) in [6.45, 7) is 4.31. The summed E-state index contributed by atoms with van der Waals surface area (Å²) in [6.07, 6.45) is 0.653. The molecule has 1 rings (SSSR count). The molecule has 0 aliphatic rings. The summed E-state index contributed by atoms with van der Waals surface area (Å²) in [5.74, 6) is -0.0355.